The molecule has 0 bridgehead atoms. The normalized spacial score (nSPS) is 18.4. The van der Waals surface area contributed by atoms with Crippen molar-refractivity contribution >= 4 is 68.4 Å². The molecule has 1 unspecified atom stereocenters. The summed E-state index contributed by atoms with van der Waals surface area (Å²) in [5.41, 5.74) is 24.1. The Labute approximate surface area is 370 Å². The molecule has 1 atom stereocenters. The monoisotopic (exact) mass is 812 g/mol. The lowest BCUT2D eigenvalue weighted by molar-refractivity contribution is 0.348. The predicted octanol–water partition coefficient (Wildman–Crippen LogP) is 14.1. The van der Waals surface area contributed by atoms with Gasteiger partial charge >= 0.3 is 0 Å². The van der Waals surface area contributed by atoms with Gasteiger partial charge in [0.15, 0.2) is 0 Å². The van der Waals surface area contributed by atoms with Crippen LogP contribution in [0.5, 0.6) is 0 Å². The van der Waals surface area contributed by atoms with Crippen LogP contribution in [0.1, 0.15) is 135 Å². The molecule has 11 rings (SSSR count). The van der Waals surface area contributed by atoms with E-state index in [2.05, 4.69) is 209 Å². The van der Waals surface area contributed by atoms with E-state index in [1.807, 2.05) is 0 Å². The van der Waals surface area contributed by atoms with Crippen LogP contribution in [-0.2, 0) is 27.1 Å². The number of hydrogen-bond donors (Lipinski definition) is 0. The summed E-state index contributed by atoms with van der Waals surface area (Å²) in [6.07, 6.45) is 2.26. The summed E-state index contributed by atoms with van der Waals surface area (Å²) in [6.45, 7) is 30.8. The van der Waals surface area contributed by atoms with Crippen molar-refractivity contribution in [2.75, 3.05) is 9.80 Å². The minimum absolute atomic E-state index is 0.0224. The maximum atomic E-state index is 7.38. The third-order valence-electron chi connectivity index (χ3n) is 15.3. The molecular weight excluding hydrogens is 751 g/mol. The summed E-state index contributed by atoms with van der Waals surface area (Å²) in [6, 6.07) is 42.5. The van der Waals surface area contributed by atoms with E-state index in [9.17, 15) is 0 Å². The third-order valence-corrected chi connectivity index (χ3v) is 15.3. The Balaban J connectivity index is 1.31. The van der Waals surface area contributed by atoms with Crippen molar-refractivity contribution in [2.24, 2.45) is 0 Å². The van der Waals surface area contributed by atoms with Crippen LogP contribution in [0.25, 0.3) is 22.1 Å². The molecule has 0 saturated carbocycles. The molecule has 0 spiro atoms. The zero-order chi connectivity index (χ0) is 43.6. The standard InChI is InChI=1S/C58H61BN2O/c1-34-19-26-48-40(29-34)51-53(62-48)59-43-23-22-41-49-52(43)61(45-25-21-37(55(5,6)7)31-42(45)58(49,13)28-27-57(41,11)12)47-33-38(56(8,9)10)32-46(50(47)59)60(51)44-24-20-36(54(2,3)4)30-39(44)35-17-15-14-16-18-35/h14-26,29-33H,27-28H2,1-13H3. The Kier molecular flexibility index (Phi) is 7.99. The molecule has 0 saturated heterocycles. The van der Waals surface area contributed by atoms with E-state index < -0.39 is 0 Å². The summed E-state index contributed by atoms with van der Waals surface area (Å²) in [7, 11) is 0. The molecule has 4 aliphatic rings. The number of benzene rings is 6. The van der Waals surface area contributed by atoms with Gasteiger partial charge in [0.25, 0.3) is 6.71 Å². The minimum atomic E-state index is -0.140. The van der Waals surface area contributed by atoms with Gasteiger partial charge in [-0.15, -0.1) is 0 Å². The molecule has 0 radical (unpaired) electrons. The van der Waals surface area contributed by atoms with Crippen molar-refractivity contribution in [3.8, 4) is 11.1 Å². The summed E-state index contributed by atoms with van der Waals surface area (Å²) in [5, 5.41) is 1.16. The molecule has 1 aromatic heterocycles. The first-order valence-corrected chi connectivity index (χ1v) is 23.0. The molecule has 3 aliphatic heterocycles. The Morgan fingerprint density at radius 1 is 0.565 bits per heavy atom. The average Bonchev–Trinajstić information content (AvgIpc) is 3.59. The van der Waals surface area contributed by atoms with Crippen LogP contribution in [0.2, 0.25) is 0 Å². The van der Waals surface area contributed by atoms with Gasteiger partial charge in [-0.1, -0.05) is 155 Å². The van der Waals surface area contributed by atoms with Gasteiger partial charge in [-0.25, -0.2) is 0 Å². The highest BCUT2D eigenvalue weighted by molar-refractivity contribution is 7.00. The highest BCUT2D eigenvalue weighted by Crippen LogP contribution is 2.61. The van der Waals surface area contributed by atoms with Crippen LogP contribution in [0.15, 0.2) is 114 Å². The van der Waals surface area contributed by atoms with Gasteiger partial charge in [0.05, 0.1) is 22.7 Å². The highest BCUT2D eigenvalue weighted by atomic mass is 16.3. The average molecular weight is 813 g/mol. The number of furan rings is 1. The van der Waals surface area contributed by atoms with E-state index in [-0.39, 0.29) is 33.8 Å². The first-order valence-electron chi connectivity index (χ1n) is 23.0. The summed E-state index contributed by atoms with van der Waals surface area (Å²) >= 11 is 0. The van der Waals surface area contributed by atoms with Crippen molar-refractivity contribution in [3.63, 3.8) is 0 Å². The Morgan fingerprint density at radius 2 is 1.19 bits per heavy atom. The SMILES string of the molecule is Cc1ccc2oc3c(c2c1)N(c1ccc(C(C)(C)C)cc1-c1ccccc1)c1cc(C(C)(C)C)cc2c1B3c1ccc3c4c1N2c1ccc(C(C)(C)C)cc1C4(C)CCC3(C)C. The topological polar surface area (TPSA) is 19.6 Å². The van der Waals surface area contributed by atoms with E-state index in [1.165, 1.54) is 89.4 Å². The largest absolute Gasteiger partial charge is 0.468 e. The number of hydrogen-bond acceptors (Lipinski definition) is 3. The fourth-order valence-corrected chi connectivity index (χ4v) is 11.5. The molecule has 6 aromatic carbocycles. The lowest BCUT2D eigenvalue weighted by atomic mass is 9.34. The van der Waals surface area contributed by atoms with Crippen LogP contribution < -0.4 is 26.4 Å². The van der Waals surface area contributed by atoms with Crippen LogP contribution >= 0.6 is 0 Å². The van der Waals surface area contributed by atoms with E-state index in [0.29, 0.717) is 0 Å². The number of anilines is 6. The molecule has 0 fully saturated rings. The third kappa shape index (κ3) is 5.44. The molecule has 0 N–H and O–H groups in total. The van der Waals surface area contributed by atoms with Crippen molar-refractivity contribution < 1.29 is 4.42 Å². The number of rotatable bonds is 2. The summed E-state index contributed by atoms with van der Waals surface area (Å²) < 4.78 is 7.38. The smallest absolute Gasteiger partial charge is 0.297 e. The maximum Gasteiger partial charge on any atom is 0.297 e. The fourth-order valence-electron chi connectivity index (χ4n) is 11.5. The van der Waals surface area contributed by atoms with Crippen LogP contribution in [0, 0.1) is 6.92 Å². The molecule has 312 valence electrons. The van der Waals surface area contributed by atoms with Gasteiger partial charge in [0.1, 0.15) is 5.58 Å². The second kappa shape index (κ2) is 12.6. The number of aryl methyl sites for hydroxylation is 1. The van der Waals surface area contributed by atoms with Gasteiger partial charge in [0, 0.05) is 33.4 Å². The Morgan fingerprint density at radius 3 is 1.85 bits per heavy atom. The molecular formula is C58H61BN2O. The lowest BCUT2D eigenvalue weighted by Gasteiger charge is -2.54. The predicted molar refractivity (Wildman–Crippen MR) is 265 cm³/mol. The zero-order valence-corrected chi connectivity index (χ0v) is 39.2. The molecule has 1 aliphatic carbocycles. The Bertz CT molecular complexity index is 3040. The van der Waals surface area contributed by atoms with Gasteiger partial charge in [-0.05, 0) is 134 Å². The second-order valence-electron chi connectivity index (χ2n) is 23.1. The first-order chi connectivity index (χ1) is 29.2. The van der Waals surface area contributed by atoms with Gasteiger partial charge in [-0.3, -0.25) is 0 Å². The van der Waals surface area contributed by atoms with E-state index >= 15 is 0 Å². The molecule has 3 nitrogen and oxygen atoms in total. The van der Waals surface area contributed by atoms with Gasteiger partial charge in [-0.2, -0.15) is 0 Å². The second-order valence-corrected chi connectivity index (χ2v) is 23.1. The van der Waals surface area contributed by atoms with Crippen molar-refractivity contribution in [2.45, 2.75) is 130 Å². The molecule has 7 aromatic rings. The lowest BCUT2D eigenvalue weighted by Crippen LogP contribution is -2.62. The number of fused-ring (bicyclic) bond motifs is 9. The summed E-state index contributed by atoms with van der Waals surface area (Å²) in [4.78, 5) is 5.31. The van der Waals surface area contributed by atoms with Crippen molar-refractivity contribution in [1.29, 1.82) is 0 Å². The van der Waals surface area contributed by atoms with Gasteiger partial charge in [0.2, 0.25) is 0 Å². The van der Waals surface area contributed by atoms with Crippen LogP contribution in [-0.4, -0.2) is 6.71 Å². The zero-order valence-electron chi connectivity index (χ0n) is 39.2. The van der Waals surface area contributed by atoms with E-state index in [4.69, 9.17) is 4.42 Å². The molecule has 0 amide bonds. The van der Waals surface area contributed by atoms with E-state index in [1.54, 1.807) is 0 Å². The van der Waals surface area contributed by atoms with Gasteiger partial charge < -0.3 is 14.2 Å². The quantitative estimate of drug-likeness (QED) is 0.162. The summed E-state index contributed by atoms with van der Waals surface area (Å²) in [5.74, 6) is 0. The van der Waals surface area contributed by atoms with Crippen LogP contribution in [0.4, 0.5) is 34.1 Å². The maximum absolute atomic E-state index is 7.38. The van der Waals surface area contributed by atoms with Crippen molar-refractivity contribution in [3.05, 3.63) is 148 Å². The number of nitrogens with zero attached hydrogens (tertiary/aromatic N) is 2. The fraction of sp³-hybridized carbons (Fsp3) is 0.345. The molecule has 62 heavy (non-hydrogen) atoms. The van der Waals surface area contributed by atoms with E-state index in [0.717, 1.165) is 35.2 Å². The Hall–Kier alpha value is -5.48. The highest BCUT2D eigenvalue weighted by Gasteiger charge is 2.54. The molecule has 4 heteroatoms. The molecule has 4 heterocycles. The van der Waals surface area contributed by atoms with Crippen molar-refractivity contribution in [1.82, 2.24) is 0 Å². The first kappa shape index (κ1) is 39.4. The van der Waals surface area contributed by atoms with Crippen LogP contribution in [0.3, 0.4) is 0 Å². The minimum Gasteiger partial charge on any atom is -0.468 e.